The quantitative estimate of drug-likeness (QED) is 0.763. The molecule has 3 aromatic heterocycles. The number of carbonyl (C=O) groups is 2. The van der Waals surface area contributed by atoms with E-state index in [1.54, 1.807) is 38.2 Å². The lowest BCUT2D eigenvalue weighted by molar-refractivity contribution is -0.114. The molecule has 0 radical (unpaired) electrons. The molecular formula is C16H15N5O3. The highest BCUT2D eigenvalue weighted by molar-refractivity contribution is 5.90. The van der Waals surface area contributed by atoms with E-state index in [-0.39, 0.29) is 11.5 Å². The SMILES string of the molecule is CC(=O)Nc1cn2nc(-c3cc(C(=O)O)c(C)nc3C)ccc2n1. The summed E-state index contributed by atoms with van der Waals surface area (Å²) in [4.78, 5) is 31.0. The van der Waals surface area contributed by atoms with Crippen molar-refractivity contribution in [1.29, 1.82) is 0 Å². The van der Waals surface area contributed by atoms with Crippen molar-refractivity contribution in [2.24, 2.45) is 0 Å². The Kier molecular flexibility index (Phi) is 3.72. The number of carbonyl (C=O) groups excluding carboxylic acids is 1. The van der Waals surface area contributed by atoms with Gasteiger partial charge in [-0.15, -0.1) is 0 Å². The molecule has 24 heavy (non-hydrogen) atoms. The maximum absolute atomic E-state index is 11.3. The molecule has 0 aliphatic carbocycles. The number of aromatic nitrogens is 4. The number of carboxylic acids is 1. The van der Waals surface area contributed by atoms with Gasteiger partial charge < -0.3 is 10.4 Å². The number of amides is 1. The van der Waals surface area contributed by atoms with Crippen LogP contribution in [0, 0.1) is 13.8 Å². The first-order chi connectivity index (χ1) is 11.3. The van der Waals surface area contributed by atoms with Crippen LogP contribution in [0.4, 0.5) is 5.82 Å². The van der Waals surface area contributed by atoms with Gasteiger partial charge in [0.2, 0.25) is 5.91 Å². The van der Waals surface area contributed by atoms with Crippen molar-refractivity contribution >= 4 is 23.3 Å². The minimum atomic E-state index is -1.03. The normalized spacial score (nSPS) is 10.8. The molecular weight excluding hydrogens is 310 g/mol. The molecule has 1 amide bonds. The van der Waals surface area contributed by atoms with Gasteiger partial charge in [0.05, 0.1) is 23.1 Å². The number of anilines is 1. The molecule has 0 aromatic carbocycles. The van der Waals surface area contributed by atoms with Crippen LogP contribution in [0.5, 0.6) is 0 Å². The lowest BCUT2D eigenvalue weighted by Gasteiger charge is -2.08. The van der Waals surface area contributed by atoms with Gasteiger partial charge in [0.15, 0.2) is 11.5 Å². The minimum Gasteiger partial charge on any atom is -0.478 e. The van der Waals surface area contributed by atoms with Gasteiger partial charge in [-0.2, -0.15) is 5.10 Å². The monoisotopic (exact) mass is 325 g/mol. The number of fused-ring (bicyclic) bond motifs is 1. The zero-order chi connectivity index (χ0) is 17.4. The van der Waals surface area contributed by atoms with Gasteiger partial charge >= 0.3 is 5.97 Å². The first kappa shape index (κ1) is 15.6. The molecule has 0 atom stereocenters. The molecule has 8 heteroatoms. The first-order valence-electron chi connectivity index (χ1n) is 7.21. The number of rotatable bonds is 3. The Hall–Kier alpha value is -3.29. The molecule has 8 nitrogen and oxygen atoms in total. The third-order valence-corrected chi connectivity index (χ3v) is 3.53. The van der Waals surface area contributed by atoms with Crippen molar-refractivity contribution in [3.05, 3.63) is 41.3 Å². The predicted molar refractivity (Wildman–Crippen MR) is 87.0 cm³/mol. The van der Waals surface area contributed by atoms with Crippen molar-refractivity contribution in [2.45, 2.75) is 20.8 Å². The van der Waals surface area contributed by atoms with Gasteiger partial charge in [-0.25, -0.2) is 14.3 Å². The molecule has 0 unspecified atom stereocenters. The largest absolute Gasteiger partial charge is 0.478 e. The summed E-state index contributed by atoms with van der Waals surface area (Å²) < 4.78 is 1.53. The maximum atomic E-state index is 11.3. The molecule has 0 spiro atoms. The van der Waals surface area contributed by atoms with Gasteiger partial charge in [0.1, 0.15) is 0 Å². The number of carboxylic acid groups (broad SMARTS) is 1. The van der Waals surface area contributed by atoms with Gasteiger partial charge in [-0.1, -0.05) is 0 Å². The van der Waals surface area contributed by atoms with E-state index in [0.29, 0.717) is 34.1 Å². The van der Waals surface area contributed by atoms with E-state index in [1.807, 2.05) is 0 Å². The summed E-state index contributed by atoms with van der Waals surface area (Å²) >= 11 is 0. The van der Waals surface area contributed by atoms with Gasteiger partial charge in [0.25, 0.3) is 0 Å². The Balaban J connectivity index is 2.11. The molecule has 3 aromatic rings. The average molecular weight is 325 g/mol. The highest BCUT2D eigenvalue weighted by Crippen LogP contribution is 2.23. The topological polar surface area (TPSA) is 109 Å². The zero-order valence-corrected chi connectivity index (χ0v) is 13.4. The number of hydrogen-bond donors (Lipinski definition) is 2. The number of imidazole rings is 1. The Morgan fingerprint density at radius 2 is 1.92 bits per heavy atom. The van der Waals surface area contributed by atoms with Crippen LogP contribution < -0.4 is 5.32 Å². The summed E-state index contributed by atoms with van der Waals surface area (Å²) in [7, 11) is 0. The predicted octanol–water partition coefficient (Wildman–Crippen LogP) is 2.06. The summed E-state index contributed by atoms with van der Waals surface area (Å²) in [6, 6.07) is 5.05. The summed E-state index contributed by atoms with van der Waals surface area (Å²) in [5.41, 5.74) is 3.06. The molecule has 0 aliphatic heterocycles. The standard InChI is InChI=1S/C16H15N5O3/c1-8-11(6-12(16(23)24)9(2)17-8)13-4-5-15-19-14(18-10(3)22)7-21(15)20-13/h4-7H,1-3H3,(H,18,22)(H,23,24). The lowest BCUT2D eigenvalue weighted by Crippen LogP contribution is -2.05. The van der Waals surface area contributed by atoms with Crippen LogP contribution in [0.3, 0.4) is 0 Å². The third kappa shape index (κ3) is 2.81. The number of hydrogen-bond acceptors (Lipinski definition) is 5. The van der Waals surface area contributed by atoms with Crippen LogP contribution in [0.1, 0.15) is 28.7 Å². The first-order valence-corrected chi connectivity index (χ1v) is 7.21. The van der Waals surface area contributed by atoms with Crippen molar-refractivity contribution in [3.63, 3.8) is 0 Å². The highest BCUT2D eigenvalue weighted by atomic mass is 16.4. The van der Waals surface area contributed by atoms with E-state index in [2.05, 4.69) is 20.4 Å². The second-order valence-corrected chi connectivity index (χ2v) is 5.39. The number of nitrogens with zero attached hydrogens (tertiary/aromatic N) is 4. The van der Waals surface area contributed by atoms with E-state index in [1.165, 1.54) is 11.4 Å². The highest BCUT2D eigenvalue weighted by Gasteiger charge is 2.15. The van der Waals surface area contributed by atoms with Crippen LogP contribution in [-0.4, -0.2) is 36.6 Å². The van der Waals surface area contributed by atoms with Crippen molar-refractivity contribution < 1.29 is 14.7 Å². The molecule has 0 aliphatic rings. The lowest BCUT2D eigenvalue weighted by atomic mass is 10.1. The van der Waals surface area contributed by atoms with E-state index in [9.17, 15) is 14.7 Å². The Bertz CT molecular complexity index is 977. The second-order valence-electron chi connectivity index (χ2n) is 5.39. The van der Waals surface area contributed by atoms with Crippen LogP contribution in [0.15, 0.2) is 24.4 Å². The Morgan fingerprint density at radius 3 is 2.58 bits per heavy atom. The minimum absolute atomic E-state index is 0.141. The van der Waals surface area contributed by atoms with Crippen LogP contribution >= 0.6 is 0 Å². The molecule has 0 fully saturated rings. The van der Waals surface area contributed by atoms with Gasteiger partial charge in [0, 0.05) is 18.2 Å². The molecule has 3 heterocycles. The maximum Gasteiger partial charge on any atom is 0.337 e. The summed E-state index contributed by atoms with van der Waals surface area (Å²) in [5, 5.41) is 16.3. The molecule has 122 valence electrons. The van der Waals surface area contributed by atoms with E-state index >= 15 is 0 Å². The zero-order valence-electron chi connectivity index (χ0n) is 13.4. The van der Waals surface area contributed by atoms with E-state index in [0.717, 1.165) is 0 Å². The van der Waals surface area contributed by atoms with Gasteiger partial charge in [-0.05, 0) is 32.0 Å². The fourth-order valence-corrected chi connectivity index (χ4v) is 2.47. The second kappa shape index (κ2) is 5.73. The van der Waals surface area contributed by atoms with Crippen LogP contribution in [-0.2, 0) is 4.79 Å². The van der Waals surface area contributed by atoms with Crippen molar-refractivity contribution in [2.75, 3.05) is 5.32 Å². The van der Waals surface area contributed by atoms with Crippen LogP contribution in [0.2, 0.25) is 0 Å². The van der Waals surface area contributed by atoms with Crippen LogP contribution in [0.25, 0.3) is 16.9 Å². The fourth-order valence-electron chi connectivity index (χ4n) is 2.47. The Morgan fingerprint density at radius 1 is 1.17 bits per heavy atom. The van der Waals surface area contributed by atoms with E-state index in [4.69, 9.17) is 0 Å². The molecule has 3 rings (SSSR count). The van der Waals surface area contributed by atoms with Crippen molar-refractivity contribution in [1.82, 2.24) is 19.6 Å². The molecule has 0 saturated carbocycles. The Labute approximate surface area is 137 Å². The number of aryl methyl sites for hydroxylation is 2. The number of aromatic carboxylic acids is 1. The molecule has 0 saturated heterocycles. The number of pyridine rings is 1. The molecule has 2 N–H and O–H groups in total. The smallest absolute Gasteiger partial charge is 0.337 e. The van der Waals surface area contributed by atoms with Crippen molar-refractivity contribution in [3.8, 4) is 11.3 Å². The average Bonchev–Trinajstić information content (AvgIpc) is 2.87. The molecule has 0 bridgehead atoms. The summed E-state index contributed by atoms with van der Waals surface area (Å²) in [6.07, 6.45) is 1.59. The number of nitrogens with one attached hydrogen (secondary N) is 1. The fraction of sp³-hybridized carbons (Fsp3) is 0.188. The van der Waals surface area contributed by atoms with E-state index < -0.39 is 5.97 Å². The third-order valence-electron chi connectivity index (χ3n) is 3.53. The summed E-state index contributed by atoms with van der Waals surface area (Å²) in [5.74, 6) is -0.849. The summed E-state index contributed by atoms with van der Waals surface area (Å²) in [6.45, 7) is 4.86. The van der Waals surface area contributed by atoms with Gasteiger partial charge in [-0.3, -0.25) is 9.78 Å².